The van der Waals surface area contributed by atoms with Crippen LogP contribution in [0.5, 0.6) is 0 Å². The van der Waals surface area contributed by atoms with Crippen molar-refractivity contribution in [1.29, 1.82) is 0 Å². The van der Waals surface area contributed by atoms with E-state index in [-0.39, 0.29) is 10.0 Å². The number of anilines is 1. The van der Waals surface area contributed by atoms with Gasteiger partial charge in [-0.1, -0.05) is 11.6 Å². The fourth-order valence-electron chi connectivity index (χ4n) is 1.43. The third-order valence-electron chi connectivity index (χ3n) is 2.44. The van der Waals surface area contributed by atoms with Gasteiger partial charge in [0, 0.05) is 30.1 Å². The zero-order chi connectivity index (χ0) is 14.0. The average molecular weight is 363 g/mol. The predicted molar refractivity (Wildman–Crippen MR) is 76.8 cm³/mol. The fourth-order valence-corrected chi connectivity index (χ4v) is 3.54. The lowest BCUT2D eigenvalue weighted by Gasteiger charge is -2.19. The van der Waals surface area contributed by atoms with Crippen molar-refractivity contribution in [2.24, 2.45) is 0 Å². The smallest absolute Gasteiger partial charge is 0.267 e. The van der Waals surface area contributed by atoms with Crippen molar-refractivity contribution in [1.82, 2.24) is 9.97 Å². The van der Waals surface area contributed by atoms with Crippen molar-refractivity contribution < 1.29 is 8.42 Å². The lowest BCUT2D eigenvalue weighted by molar-refractivity contribution is 0.594. The van der Waals surface area contributed by atoms with E-state index in [1.165, 1.54) is 31.7 Å². The molecular weight excluding hydrogens is 354 g/mol. The van der Waals surface area contributed by atoms with Gasteiger partial charge < -0.3 is 0 Å². The molecule has 19 heavy (non-hydrogen) atoms. The number of pyridine rings is 2. The van der Waals surface area contributed by atoms with Gasteiger partial charge in [-0.3, -0.25) is 9.29 Å². The molecule has 2 rings (SSSR count). The molecule has 0 aliphatic heterocycles. The van der Waals surface area contributed by atoms with Crippen molar-refractivity contribution in [2.45, 2.75) is 4.90 Å². The van der Waals surface area contributed by atoms with Crippen LogP contribution < -0.4 is 4.31 Å². The van der Waals surface area contributed by atoms with Crippen LogP contribution in [-0.2, 0) is 10.0 Å². The number of nitrogens with zero attached hydrogens (tertiary/aromatic N) is 3. The third kappa shape index (κ3) is 2.88. The molecule has 8 heteroatoms. The maximum Gasteiger partial charge on any atom is 0.267 e. The maximum absolute atomic E-state index is 12.5. The van der Waals surface area contributed by atoms with E-state index in [0.717, 1.165) is 4.31 Å². The Morgan fingerprint density at radius 1 is 1.32 bits per heavy atom. The molecule has 2 heterocycles. The molecule has 0 N–H and O–H groups in total. The molecule has 0 amide bonds. The number of hydrogen-bond donors (Lipinski definition) is 0. The first kappa shape index (κ1) is 14.2. The van der Waals surface area contributed by atoms with Crippen molar-refractivity contribution in [2.75, 3.05) is 11.4 Å². The molecule has 0 saturated heterocycles. The highest BCUT2D eigenvalue weighted by atomic mass is 79.9. The molecule has 0 fully saturated rings. The average Bonchev–Trinajstić information content (AvgIpc) is 2.41. The zero-order valence-electron chi connectivity index (χ0n) is 9.79. The number of aromatic nitrogens is 2. The maximum atomic E-state index is 12.5. The van der Waals surface area contributed by atoms with Crippen LogP contribution in [0, 0.1) is 0 Å². The molecule has 2 aromatic heterocycles. The molecule has 100 valence electrons. The molecule has 0 bridgehead atoms. The molecule has 2 aromatic rings. The Morgan fingerprint density at radius 2 is 1.95 bits per heavy atom. The molecule has 0 aromatic carbocycles. The van der Waals surface area contributed by atoms with Gasteiger partial charge in [-0.05, 0) is 34.1 Å². The minimum Gasteiger partial charge on any atom is -0.269 e. The molecule has 0 saturated carbocycles. The van der Waals surface area contributed by atoms with Crippen LogP contribution in [-0.4, -0.2) is 25.4 Å². The van der Waals surface area contributed by atoms with Gasteiger partial charge in [0.15, 0.2) is 0 Å². The quantitative estimate of drug-likeness (QED) is 0.788. The zero-order valence-corrected chi connectivity index (χ0v) is 12.9. The summed E-state index contributed by atoms with van der Waals surface area (Å²) in [6.45, 7) is 0. The number of halogens is 2. The van der Waals surface area contributed by atoms with Gasteiger partial charge >= 0.3 is 0 Å². The molecule has 0 radical (unpaired) electrons. The van der Waals surface area contributed by atoms with E-state index in [2.05, 4.69) is 25.9 Å². The normalized spacial score (nSPS) is 11.3. The second-order valence-corrected chi connectivity index (χ2v) is 6.83. The van der Waals surface area contributed by atoms with Crippen LogP contribution >= 0.6 is 27.5 Å². The Hall–Kier alpha value is -1.18. The Balaban J connectivity index is 2.51. The van der Waals surface area contributed by atoms with E-state index in [1.54, 1.807) is 12.1 Å². The van der Waals surface area contributed by atoms with Crippen molar-refractivity contribution in [3.63, 3.8) is 0 Å². The van der Waals surface area contributed by atoms with Gasteiger partial charge in [0.2, 0.25) is 0 Å². The van der Waals surface area contributed by atoms with Crippen molar-refractivity contribution in [3.05, 3.63) is 46.4 Å². The van der Waals surface area contributed by atoms with E-state index in [9.17, 15) is 8.42 Å². The van der Waals surface area contributed by atoms with Gasteiger partial charge in [0.05, 0.1) is 5.69 Å². The standard InChI is InChI=1S/C11H9BrClN3O2S/c1-16(9-2-4-14-5-3-9)19(17,18)10-6-8(12)7-15-11(10)13/h2-7H,1H3. The van der Waals surface area contributed by atoms with Crippen LogP contribution in [0.3, 0.4) is 0 Å². The minimum absolute atomic E-state index is 0.0529. The van der Waals surface area contributed by atoms with Gasteiger partial charge in [0.25, 0.3) is 10.0 Å². The second-order valence-electron chi connectivity index (χ2n) is 3.62. The number of rotatable bonds is 3. The Morgan fingerprint density at radius 3 is 2.58 bits per heavy atom. The fraction of sp³-hybridized carbons (Fsp3) is 0.0909. The highest BCUT2D eigenvalue weighted by molar-refractivity contribution is 9.10. The van der Waals surface area contributed by atoms with Crippen molar-refractivity contribution in [3.8, 4) is 0 Å². The summed E-state index contributed by atoms with van der Waals surface area (Å²) in [4.78, 5) is 7.62. The Labute approximate surface area is 124 Å². The highest BCUT2D eigenvalue weighted by Crippen LogP contribution is 2.27. The summed E-state index contributed by atoms with van der Waals surface area (Å²) >= 11 is 9.04. The third-order valence-corrected chi connectivity index (χ3v) is 5.08. The summed E-state index contributed by atoms with van der Waals surface area (Å²) in [7, 11) is -2.32. The Bertz CT molecular complexity index is 694. The summed E-state index contributed by atoms with van der Waals surface area (Å²) in [6.07, 6.45) is 4.47. The predicted octanol–water partition coefficient (Wildman–Crippen LogP) is 2.72. The summed E-state index contributed by atoms with van der Waals surface area (Å²) in [5.74, 6) is 0. The largest absolute Gasteiger partial charge is 0.269 e. The molecule has 5 nitrogen and oxygen atoms in total. The summed E-state index contributed by atoms with van der Waals surface area (Å²) in [5, 5.41) is -0.0656. The molecule has 0 unspecified atom stereocenters. The molecule has 0 aliphatic carbocycles. The second kappa shape index (κ2) is 5.44. The molecular formula is C11H9BrClN3O2S. The van der Waals surface area contributed by atoms with Crippen molar-refractivity contribution >= 4 is 43.2 Å². The monoisotopic (exact) mass is 361 g/mol. The van der Waals surface area contributed by atoms with E-state index in [4.69, 9.17) is 11.6 Å². The highest BCUT2D eigenvalue weighted by Gasteiger charge is 2.25. The lowest BCUT2D eigenvalue weighted by atomic mass is 10.4. The molecule has 0 aliphatic rings. The van der Waals surface area contributed by atoms with Gasteiger partial charge in [-0.25, -0.2) is 13.4 Å². The molecule has 0 spiro atoms. The van der Waals surface area contributed by atoms with Crippen LogP contribution in [0.15, 0.2) is 46.2 Å². The summed E-state index contributed by atoms with van der Waals surface area (Å²) in [5.41, 5.74) is 0.492. The van der Waals surface area contributed by atoms with E-state index >= 15 is 0 Å². The Kier molecular flexibility index (Phi) is 4.07. The number of sulfonamides is 1. The topological polar surface area (TPSA) is 63.2 Å². The van der Waals surface area contributed by atoms with E-state index in [1.807, 2.05) is 0 Å². The summed E-state index contributed by atoms with van der Waals surface area (Å²) in [6, 6.07) is 4.61. The molecule has 0 atom stereocenters. The van der Waals surface area contributed by atoms with Gasteiger partial charge in [0.1, 0.15) is 10.0 Å². The first-order valence-corrected chi connectivity index (χ1v) is 7.74. The lowest BCUT2D eigenvalue weighted by Crippen LogP contribution is -2.27. The van der Waals surface area contributed by atoms with E-state index < -0.39 is 10.0 Å². The summed E-state index contributed by atoms with van der Waals surface area (Å²) < 4.78 is 26.6. The van der Waals surface area contributed by atoms with Gasteiger partial charge in [-0.2, -0.15) is 0 Å². The van der Waals surface area contributed by atoms with Crippen LogP contribution in [0.25, 0.3) is 0 Å². The van der Waals surface area contributed by atoms with Crippen LogP contribution in [0.1, 0.15) is 0 Å². The SMILES string of the molecule is CN(c1ccncc1)S(=O)(=O)c1cc(Br)cnc1Cl. The minimum atomic E-state index is -3.76. The van der Waals surface area contributed by atoms with Crippen LogP contribution in [0.2, 0.25) is 5.15 Å². The first-order valence-electron chi connectivity index (χ1n) is 5.13. The van der Waals surface area contributed by atoms with Gasteiger partial charge in [-0.15, -0.1) is 0 Å². The first-order chi connectivity index (χ1) is 8.93. The number of hydrogen-bond acceptors (Lipinski definition) is 4. The van der Waals surface area contributed by atoms with Crippen LogP contribution in [0.4, 0.5) is 5.69 Å². The van der Waals surface area contributed by atoms with E-state index in [0.29, 0.717) is 10.2 Å².